The number of aliphatic hydroxyl groups excluding tert-OH is 1. The third kappa shape index (κ3) is 7.73. The minimum Gasteiger partial charge on any atom is -0.476 e. The molecule has 3 rings (SSSR count). The van der Waals surface area contributed by atoms with E-state index < -0.39 is 38.5 Å². The van der Waals surface area contributed by atoms with E-state index in [1.54, 1.807) is 6.92 Å². The minimum absolute atomic E-state index is 0.112. The van der Waals surface area contributed by atoms with Crippen molar-refractivity contribution in [3.05, 3.63) is 12.7 Å². The number of ether oxygens (including phenoxy) is 2. The molecule has 0 spiro atoms. The Morgan fingerprint density at radius 3 is 2.34 bits per heavy atom. The molecule has 0 saturated carbocycles. The number of imidazole rings is 1. The largest absolute Gasteiger partial charge is 0.476 e. The normalized spacial score (nSPS) is 23.7. The maximum absolute atomic E-state index is 13.2. The van der Waals surface area contributed by atoms with E-state index in [1.165, 1.54) is 38.0 Å². The highest BCUT2D eigenvalue weighted by molar-refractivity contribution is 8.13. The van der Waals surface area contributed by atoms with Gasteiger partial charge in [0.15, 0.2) is 27.6 Å². The molecule has 1 aliphatic rings. The van der Waals surface area contributed by atoms with Crippen molar-refractivity contribution in [2.45, 2.75) is 51.7 Å². The van der Waals surface area contributed by atoms with Gasteiger partial charge in [0, 0.05) is 25.4 Å². The van der Waals surface area contributed by atoms with E-state index in [4.69, 9.17) is 23.0 Å². The molecule has 2 N–H and O–H groups in total. The van der Waals surface area contributed by atoms with Crippen LogP contribution in [0.3, 0.4) is 0 Å². The number of aliphatic hydroxyl groups is 2. The van der Waals surface area contributed by atoms with Gasteiger partial charge in [-0.1, -0.05) is 23.5 Å². The second-order valence-electron chi connectivity index (χ2n) is 8.22. The van der Waals surface area contributed by atoms with E-state index >= 15 is 0 Å². The lowest BCUT2D eigenvalue weighted by Crippen LogP contribution is -2.44. The van der Waals surface area contributed by atoms with Crippen molar-refractivity contribution in [3.63, 3.8) is 0 Å². The van der Waals surface area contributed by atoms with Crippen LogP contribution in [0.25, 0.3) is 11.2 Å². The Morgan fingerprint density at radius 2 is 1.76 bits per heavy atom. The van der Waals surface area contributed by atoms with Gasteiger partial charge < -0.3 is 19.7 Å². The summed E-state index contributed by atoms with van der Waals surface area (Å²) in [7, 11) is -4.17. The molecule has 1 aliphatic heterocycles. The van der Waals surface area contributed by atoms with Crippen molar-refractivity contribution < 1.29 is 47.4 Å². The van der Waals surface area contributed by atoms with Gasteiger partial charge in [0.25, 0.3) is 0 Å². The first kappa shape index (κ1) is 30.9. The van der Waals surface area contributed by atoms with Crippen LogP contribution in [-0.4, -0.2) is 95.7 Å². The second-order valence-corrected chi connectivity index (χ2v) is 12.4. The number of thioether (sulfide) groups is 2. The minimum atomic E-state index is -4.17. The predicted molar refractivity (Wildman–Crippen MR) is 139 cm³/mol. The second kappa shape index (κ2) is 13.6. The molecule has 0 bridgehead atoms. The summed E-state index contributed by atoms with van der Waals surface area (Å²) in [6.07, 6.45) is -1.08. The molecule has 38 heavy (non-hydrogen) atoms. The van der Waals surface area contributed by atoms with Crippen LogP contribution >= 0.6 is 31.3 Å². The smallest absolute Gasteiger partial charge is 0.474 e. The van der Waals surface area contributed by atoms with Gasteiger partial charge in [-0.3, -0.25) is 27.7 Å². The fourth-order valence-electron chi connectivity index (χ4n) is 3.57. The number of hydrogen-bond donors (Lipinski definition) is 2. The summed E-state index contributed by atoms with van der Waals surface area (Å²) in [5.41, 5.74) is -1.16. The van der Waals surface area contributed by atoms with Gasteiger partial charge in [-0.25, -0.2) is 14.5 Å². The zero-order valence-corrected chi connectivity index (χ0v) is 23.9. The molecule has 17 heteroatoms. The van der Waals surface area contributed by atoms with Crippen LogP contribution in [0.1, 0.15) is 33.9 Å². The van der Waals surface area contributed by atoms with Crippen LogP contribution in [0.5, 0.6) is 5.88 Å². The molecule has 2 aromatic rings. The van der Waals surface area contributed by atoms with E-state index in [2.05, 4.69) is 15.0 Å². The van der Waals surface area contributed by atoms with Gasteiger partial charge in [0.2, 0.25) is 5.88 Å². The highest BCUT2D eigenvalue weighted by atomic mass is 32.2. The number of hydrogen-bond acceptors (Lipinski definition) is 15. The molecule has 0 aliphatic carbocycles. The van der Waals surface area contributed by atoms with Crippen molar-refractivity contribution in [1.82, 2.24) is 19.5 Å². The Hall–Kier alpha value is -1.62. The number of carbonyl (C=O) groups excluding carboxylic acids is 2. The third-order valence-electron chi connectivity index (χ3n) is 5.29. The third-order valence-corrected chi connectivity index (χ3v) is 8.30. The molecular formula is C21H31N4O10PS2. The predicted octanol–water partition coefficient (Wildman–Crippen LogP) is 1.95. The summed E-state index contributed by atoms with van der Waals surface area (Å²) < 4.78 is 42.1. The molecule has 212 valence electrons. The molecule has 4 atom stereocenters. The van der Waals surface area contributed by atoms with Gasteiger partial charge in [-0.15, -0.1) is 0 Å². The fourth-order valence-corrected chi connectivity index (χ4v) is 5.91. The first-order chi connectivity index (χ1) is 18.0. The zero-order chi connectivity index (χ0) is 27.9. The lowest BCUT2D eigenvalue weighted by Gasteiger charge is -2.27. The van der Waals surface area contributed by atoms with Crippen molar-refractivity contribution in [3.8, 4) is 5.88 Å². The van der Waals surface area contributed by atoms with Crippen molar-refractivity contribution in [2.75, 3.05) is 37.9 Å². The molecule has 0 amide bonds. The zero-order valence-electron chi connectivity index (χ0n) is 21.3. The summed E-state index contributed by atoms with van der Waals surface area (Å²) in [5, 5.41) is 21.7. The van der Waals surface area contributed by atoms with Crippen molar-refractivity contribution in [1.29, 1.82) is 0 Å². The van der Waals surface area contributed by atoms with Gasteiger partial charge in [-0.05, 0) is 13.8 Å². The van der Waals surface area contributed by atoms with E-state index in [9.17, 15) is 24.4 Å². The monoisotopic (exact) mass is 594 g/mol. The molecule has 0 radical (unpaired) electrons. The molecule has 1 saturated heterocycles. The van der Waals surface area contributed by atoms with Gasteiger partial charge in [0.1, 0.15) is 24.1 Å². The molecule has 3 heterocycles. The SMILES string of the molecule is CCOc1ncnc2c1ncn2C1OC(COP(=O)(OCCSC(C)=O)OCCSC(C)=O)C(O)C1(C)O. The number of carbonyl (C=O) groups is 2. The Balaban J connectivity index is 1.72. The van der Waals surface area contributed by atoms with Crippen LogP contribution in [0.4, 0.5) is 0 Å². The highest BCUT2D eigenvalue weighted by Gasteiger charge is 2.54. The van der Waals surface area contributed by atoms with E-state index in [1.807, 2.05) is 0 Å². The molecule has 4 unspecified atom stereocenters. The summed E-state index contributed by atoms with van der Waals surface area (Å²) in [5.74, 6) is 0.690. The first-order valence-corrected chi connectivity index (χ1v) is 15.1. The van der Waals surface area contributed by atoms with E-state index in [0.717, 1.165) is 23.5 Å². The lowest BCUT2D eigenvalue weighted by atomic mass is 9.96. The average Bonchev–Trinajstić information content (AvgIpc) is 3.38. The van der Waals surface area contributed by atoms with Gasteiger partial charge in [-0.2, -0.15) is 4.98 Å². The average molecular weight is 595 g/mol. The van der Waals surface area contributed by atoms with Crippen LogP contribution in [0.2, 0.25) is 0 Å². The number of fused-ring (bicyclic) bond motifs is 1. The molecule has 0 aromatic carbocycles. The Bertz CT molecular complexity index is 1140. The Labute approximate surface area is 227 Å². The van der Waals surface area contributed by atoms with Gasteiger partial charge >= 0.3 is 7.82 Å². The topological polar surface area (TPSA) is 181 Å². The van der Waals surface area contributed by atoms with Crippen molar-refractivity contribution in [2.24, 2.45) is 0 Å². The first-order valence-electron chi connectivity index (χ1n) is 11.6. The summed E-state index contributed by atoms with van der Waals surface area (Å²) in [6, 6.07) is 0. The van der Waals surface area contributed by atoms with Crippen molar-refractivity contribution >= 4 is 52.7 Å². The summed E-state index contributed by atoms with van der Waals surface area (Å²) in [6.45, 7) is 5.64. The quantitative estimate of drug-likeness (QED) is 0.239. The maximum Gasteiger partial charge on any atom is 0.474 e. The van der Waals surface area contributed by atoms with E-state index in [0.29, 0.717) is 17.8 Å². The Kier molecular flexibility index (Phi) is 11.1. The molecular weight excluding hydrogens is 563 g/mol. The molecule has 2 aromatic heterocycles. The summed E-state index contributed by atoms with van der Waals surface area (Å²) in [4.78, 5) is 34.8. The van der Waals surface area contributed by atoms with Crippen LogP contribution < -0.4 is 4.74 Å². The number of phosphoric ester groups is 1. The molecule has 1 fully saturated rings. The number of aromatic nitrogens is 4. The lowest BCUT2D eigenvalue weighted by molar-refractivity contribution is -0.109. The van der Waals surface area contributed by atoms with Gasteiger partial charge in [0.05, 0.1) is 32.8 Å². The Morgan fingerprint density at radius 1 is 1.13 bits per heavy atom. The number of rotatable bonds is 14. The van der Waals surface area contributed by atoms with E-state index in [-0.39, 0.29) is 40.8 Å². The standard InChI is InChI=1S/C21H31N4O10PS2/c1-5-31-19-16-18(22-11-23-19)25(12-24-16)20-21(4,29)17(28)15(35-20)10-34-36(30,32-6-8-37-13(2)26)33-7-9-38-14(3)27/h11-12,15,17,20,28-29H,5-10H2,1-4H3. The van der Waals surface area contributed by atoms with Crippen LogP contribution in [-0.2, 0) is 32.5 Å². The fraction of sp³-hybridized carbons (Fsp3) is 0.667. The van der Waals surface area contributed by atoms with Crippen LogP contribution in [0, 0.1) is 0 Å². The maximum atomic E-state index is 13.2. The number of nitrogens with zero attached hydrogens (tertiary/aromatic N) is 4. The van der Waals surface area contributed by atoms with Crippen LogP contribution in [0.15, 0.2) is 12.7 Å². The molecule has 14 nitrogen and oxygen atoms in total. The number of phosphoric acid groups is 1. The summed E-state index contributed by atoms with van der Waals surface area (Å²) >= 11 is 1.96. The highest BCUT2D eigenvalue weighted by Crippen LogP contribution is 2.51.